The quantitative estimate of drug-likeness (QED) is 0.647. The molecule has 21 heavy (non-hydrogen) atoms. The van der Waals surface area contributed by atoms with Crippen LogP contribution in [0.15, 0.2) is 34.2 Å². The van der Waals surface area contributed by atoms with Crippen LogP contribution in [0.3, 0.4) is 0 Å². The number of nitrogens with zero attached hydrogens (tertiary/aromatic N) is 3. The SMILES string of the molecule is N=C(N)c1ccc(N2CCN(c3nccs3)CC2)cc1Br. The van der Waals surface area contributed by atoms with E-state index in [1.807, 2.05) is 29.8 Å². The van der Waals surface area contributed by atoms with Crippen molar-refractivity contribution in [1.82, 2.24) is 4.98 Å². The minimum absolute atomic E-state index is 0.0852. The van der Waals surface area contributed by atoms with Gasteiger partial charge in [-0.3, -0.25) is 5.41 Å². The number of hydrogen-bond acceptors (Lipinski definition) is 5. The molecule has 1 aromatic heterocycles. The second-order valence-corrected chi connectivity index (χ2v) is 6.59. The van der Waals surface area contributed by atoms with Crippen LogP contribution in [0.2, 0.25) is 0 Å². The minimum Gasteiger partial charge on any atom is -0.384 e. The summed E-state index contributed by atoms with van der Waals surface area (Å²) in [5.74, 6) is 0.0852. The average molecular weight is 366 g/mol. The molecule has 1 fully saturated rings. The summed E-state index contributed by atoms with van der Waals surface area (Å²) in [7, 11) is 0. The van der Waals surface area contributed by atoms with Crippen molar-refractivity contribution < 1.29 is 0 Å². The fourth-order valence-corrected chi connectivity index (χ4v) is 3.72. The van der Waals surface area contributed by atoms with Crippen molar-refractivity contribution in [1.29, 1.82) is 5.41 Å². The first-order valence-corrected chi connectivity index (χ1v) is 8.36. The molecule has 0 saturated carbocycles. The third-order valence-electron chi connectivity index (χ3n) is 3.58. The van der Waals surface area contributed by atoms with E-state index in [9.17, 15) is 0 Å². The summed E-state index contributed by atoms with van der Waals surface area (Å²) < 4.78 is 0.870. The van der Waals surface area contributed by atoms with Crippen molar-refractivity contribution in [3.8, 4) is 0 Å². The molecule has 0 atom stereocenters. The molecule has 1 aliphatic heterocycles. The maximum absolute atomic E-state index is 7.52. The Labute approximate surface area is 136 Å². The summed E-state index contributed by atoms with van der Waals surface area (Å²) in [5, 5.41) is 10.6. The monoisotopic (exact) mass is 365 g/mol. The Bertz CT molecular complexity index is 635. The summed E-state index contributed by atoms with van der Waals surface area (Å²) in [6.45, 7) is 3.87. The first kappa shape index (κ1) is 14.3. The van der Waals surface area contributed by atoms with Gasteiger partial charge in [-0.2, -0.15) is 0 Å². The van der Waals surface area contributed by atoms with Gasteiger partial charge in [0.2, 0.25) is 0 Å². The molecule has 3 N–H and O–H groups in total. The lowest BCUT2D eigenvalue weighted by Crippen LogP contribution is -2.46. The third kappa shape index (κ3) is 3.03. The van der Waals surface area contributed by atoms with Crippen LogP contribution in [-0.4, -0.2) is 37.0 Å². The van der Waals surface area contributed by atoms with E-state index in [0.717, 1.165) is 47.0 Å². The highest BCUT2D eigenvalue weighted by molar-refractivity contribution is 9.10. The maximum Gasteiger partial charge on any atom is 0.185 e. The van der Waals surface area contributed by atoms with Crippen molar-refractivity contribution in [2.45, 2.75) is 0 Å². The number of halogens is 1. The van der Waals surface area contributed by atoms with E-state index in [-0.39, 0.29) is 5.84 Å². The summed E-state index contributed by atoms with van der Waals surface area (Å²) in [5.41, 5.74) is 7.44. The molecule has 2 heterocycles. The van der Waals surface area contributed by atoms with Gasteiger partial charge in [0.15, 0.2) is 5.13 Å². The molecule has 0 radical (unpaired) electrons. The van der Waals surface area contributed by atoms with Crippen LogP contribution in [0.1, 0.15) is 5.56 Å². The molecule has 110 valence electrons. The van der Waals surface area contributed by atoms with Gasteiger partial charge in [0.05, 0.1) is 0 Å². The number of aromatic nitrogens is 1. The predicted molar refractivity (Wildman–Crippen MR) is 91.7 cm³/mol. The number of nitrogens with one attached hydrogen (secondary N) is 1. The molecule has 5 nitrogen and oxygen atoms in total. The molecule has 7 heteroatoms. The van der Waals surface area contributed by atoms with Gasteiger partial charge in [-0.1, -0.05) is 0 Å². The highest BCUT2D eigenvalue weighted by Gasteiger charge is 2.19. The Kier molecular flexibility index (Phi) is 4.12. The fraction of sp³-hybridized carbons (Fsp3) is 0.286. The number of nitrogen functional groups attached to an aromatic ring is 1. The van der Waals surface area contributed by atoms with E-state index in [1.54, 1.807) is 11.3 Å². The molecule has 0 unspecified atom stereocenters. The van der Waals surface area contributed by atoms with Crippen molar-refractivity contribution in [3.63, 3.8) is 0 Å². The van der Waals surface area contributed by atoms with Crippen LogP contribution in [0, 0.1) is 5.41 Å². The van der Waals surface area contributed by atoms with Crippen molar-refractivity contribution in [3.05, 3.63) is 39.8 Å². The second-order valence-electron chi connectivity index (χ2n) is 4.87. The van der Waals surface area contributed by atoms with E-state index in [4.69, 9.17) is 11.1 Å². The first-order valence-electron chi connectivity index (χ1n) is 6.68. The van der Waals surface area contributed by atoms with Crippen molar-refractivity contribution in [2.75, 3.05) is 36.0 Å². The van der Waals surface area contributed by atoms with Gasteiger partial charge in [-0.25, -0.2) is 4.98 Å². The van der Waals surface area contributed by atoms with Crippen LogP contribution in [-0.2, 0) is 0 Å². The van der Waals surface area contributed by atoms with Gasteiger partial charge < -0.3 is 15.5 Å². The van der Waals surface area contributed by atoms with E-state index in [2.05, 4.69) is 30.7 Å². The van der Waals surface area contributed by atoms with Gasteiger partial charge in [0.1, 0.15) is 5.84 Å². The van der Waals surface area contributed by atoms with E-state index in [0.29, 0.717) is 0 Å². The number of rotatable bonds is 3. The number of nitrogens with two attached hydrogens (primary N) is 1. The number of amidine groups is 1. The molecule has 1 saturated heterocycles. The maximum atomic E-state index is 7.52. The zero-order valence-electron chi connectivity index (χ0n) is 11.4. The van der Waals surface area contributed by atoms with Crippen molar-refractivity contribution >= 4 is 43.9 Å². The Morgan fingerprint density at radius 2 is 1.95 bits per heavy atom. The number of thiazole rings is 1. The molecule has 1 aromatic carbocycles. The summed E-state index contributed by atoms with van der Waals surface area (Å²) in [6.07, 6.45) is 1.85. The summed E-state index contributed by atoms with van der Waals surface area (Å²) in [4.78, 5) is 9.03. The smallest absolute Gasteiger partial charge is 0.185 e. The molecule has 1 aliphatic rings. The standard InChI is InChI=1S/C14H16BrN5S/c15-12-9-10(1-2-11(12)13(16)17)19-4-6-20(7-5-19)14-18-3-8-21-14/h1-3,8-9H,4-7H2,(H3,16,17). The van der Waals surface area contributed by atoms with Crippen LogP contribution >= 0.6 is 27.3 Å². The number of piperazine rings is 1. The van der Waals surface area contributed by atoms with Crippen molar-refractivity contribution in [2.24, 2.45) is 5.73 Å². The minimum atomic E-state index is 0.0852. The van der Waals surface area contributed by atoms with Crippen LogP contribution in [0.25, 0.3) is 0 Å². The Morgan fingerprint density at radius 1 is 1.24 bits per heavy atom. The summed E-state index contributed by atoms with van der Waals surface area (Å²) >= 11 is 5.18. The zero-order valence-corrected chi connectivity index (χ0v) is 13.8. The third-order valence-corrected chi connectivity index (χ3v) is 5.07. The molecule has 0 aliphatic carbocycles. The fourth-order valence-electron chi connectivity index (χ4n) is 2.45. The lowest BCUT2D eigenvalue weighted by atomic mass is 10.1. The molecule has 2 aromatic rings. The highest BCUT2D eigenvalue weighted by Crippen LogP contribution is 2.26. The average Bonchev–Trinajstić information content (AvgIpc) is 3.01. The van der Waals surface area contributed by atoms with Gasteiger partial charge in [-0.15, -0.1) is 11.3 Å². The van der Waals surface area contributed by atoms with E-state index >= 15 is 0 Å². The molecule has 0 amide bonds. The van der Waals surface area contributed by atoms with Crippen LogP contribution in [0.5, 0.6) is 0 Å². The van der Waals surface area contributed by atoms with Gasteiger partial charge in [0.25, 0.3) is 0 Å². The molecule has 3 rings (SSSR count). The van der Waals surface area contributed by atoms with E-state index < -0.39 is 0 Å². The second kappa shape index (κ2) is 6.03. The number of benzene rings is 1. The lowest BCUT2D eigenvalue weighted by molar-refractivity contribution is 0.652. The van der Waals surface area contributed by atoms with E-state index in [1.165, 1.54) is 0 Å². The molecule has 0 bridgehead atoms. The largest absolute Gasteiger partial charge is 0.384 e. The highest BCUT2D eigenvalue weighted by atomic mass is 79.9. The van der Waals surface area contributed by atoms with Crippen LogP contribution < -0.4 is 15.5 Å². The van der Waals surface area contributed by atoms with Crippen LogP contribution in [0.4, 0.5) is 10.8 Å². The van der Waals surface area contributed by atoms with Gasteiger partial charge in [-0.05, 0) is 34.1 Å². The summed E-state index contributed by atoms with van der Waals surface area (Å²) in [6, 6.07) is 5.96. The Morgan fingerprint density at radius 3 is 2.52 bits per heavy atom. The van der Waals surface area contributed by atoms with Gasteiger partial charge >= 0.3 is 0 Å². The topological polar surface area (TPSA) is 69.2 Å². The normalized spacial score (nSPS) is 15.3. The van der Waals surface area contributed by atoms with Gasteiger partial charge in [0, 0.05) is 53.5 Å². The predicted octanol–water partition coefficient (Wildman–Crippen LogP) is 2.52. The lowest BCUT2D eigenvalue weighted by Gasteiger charge is -2.36. The Hall–Kier alpha value is -1.60. The first-order chi connectivity index (χ1) is 10.1. The number of hydrogen-bond donors (Lipinski definition) is 2. The zero-order chi connectivity index (χ0) is 14.8. The molecular formula is C14H16BrN5S. The Balaban J connectivity index is 1.69. The molecule has 0 spiro atoms. The molecular weight excluding hydrogens is 350 g/mol. The number of anilines is 2.